The lowest BCUT2D eigenvalue weighted by Gasteiger charge is -2.17. The first-order valence-electron chi connectivity index (χ1n) is 3.26. The first-order chi connectivity index (χ1) is 4.67. The van der Waals surface area contributed by atoms with Crippen molar-refractivity contribution in [1.29, 1.82) is 0 Å². The average molecular weight is 172 g/mol. The maximum absolute atomic E-state index is 5.43. The molecule has 0 saturated carbocycles. The van der Waals surface area contributed by atoms with Crippen LogP contribution in [0.3, 0.4) is 0 Å². The van der Waals surface area contributed by atoms with Crippen molar-refractivity contribution in [2.24, 2.45) is 0 Å². The second-order valence-electron chi connectivity index (χ2n) is 2.69. The summed E-state index contributed by atoms with van der Waals surface area (Å²) in [6.07, 6.45) is 0. The highest BCUT2D eigenvalue weighted by atomic mass is 32.1. The smallest absolute Gasteiger partial charge is 0.227 e. The molecule has 56 valence electrons. The summed E-state index contributed by atoms with van der Waals surface area (Å²) in [5.41, 5.74) is 0. The summed E-state index contributed by atoms with van der Waals surface area (Å²) >= 11 is 1.79. The van der Waals surface area contributed by atoms with Gasteiger partial charge in [0, 0.05) is 11.6 Å². The normalized spacial score (nSPS) is 11.9. The van der Waals surface area contributed by atoms with E-state index < -0.39 is 8.32 Å². The standard InChI is InChI=1S/C7H12OSSi/c1-8-10(2,3)7-5-4-6-9-7/h4-6H,1-3H3. The van der Waals surface area contributed by atoms with Gasteiger partial charge in [0.2, 0.25) is 8.32 Å². The zero-order valence-electron chi connectivity index (χ0n) is 6.55. The summed E-state index contributed by atoms with van der Waals surface area (Å²) in [5, 5.41) is 2.10. The summed E-state index contributed by atoms with van der Waals surface area (Å²) in [7, 11) is 0.315. The predicted octanol–water partition coefficient (Wildman–Crippen LogP) is 1.81. The van der Waals surface area contributed by atoms with E-state index >= 15 is 0 Å². The van der Waals surface area contributed by atoms with Gasteiger partial charge in [0.1, 0.15) is 0 Å². The van der Waals surface area contributed by atoms with Gasteiger partial charge in [-0.25, -0.2) is 0 Å². The molecule has 0 amide bonds. The maximum atomic E-state index is 5.43. The Hall–Kier alpha value is -0.123. The SMILES string of the molecule is CO[Si](C)(C)c1cccs1. The molecule has 0 aliphatic carbocycles. The van der Waals surface area contributed by atoms with Crippen LogP contribution in [0.2, 0.25) is 13.1 Å². The Morgan fingerprint density at radius 3 is 2.60 bits per heavy atom. The third-order valence-corrected chi connectivity index (χ3v) is 6.51. The summed E-state index contributed by atoms with van der Waals surface area (Å²) in [6.45, 7) is 4.41. The highest BCUT2D eigenvalue weighted by Gasteiger charge is 2.23. The minimum atomic E-state index is -1.48. The molecular weight excluding hydrogens is 160 g/mol. The van der Waals surface area contributed by atoms with E-state index in [4.69, 9.17) is 4.43 Å². The molecule has 1 nitrogen and oxygen atoms in total. The van der Waals surface area contributed by atoms with Gasteiger partial charge in [-0.2, -0.15) is 11.3 Å². The van der Waals surface area contributed by atoms with Gasteiger partial charge < -0.3 is 4.43 Å². The van der Waals surface area contributed by atoms with Crippen LogP contribution in [0.5, 0.6) is 0 Å². The van der Waals surface area contributed by atoms with Crippen molar-refractivity contribution in [3.8, 4) is 0 Å². The Morgan fingerprint density at radius 1 is 1.50 bits per heavy atom. The van der Waals surface area contributed by atoms with Gasteiger partial charge in [0.15, 0.2) is 0 Å². The van der Waals surface area contributed by atoms with Gasteiger partial charge >= 0.3 is 0 Å². The molecule has 0 atom stereocenters. The molecule has 0 spiro atoms. The molecule has 3 heteroatoms. The monoisotopic (exact) mass is 172 g/mol. The number of rotatable bonds is 2. The van der Waals surface area contributed by atoms with Crippen molar-refractivity contribution in [1.82, 2.24) is 0 Å². The van der Waals surface area contributed by atoms with Crippen LogP contribution in [0.25, 0.3) is 0 Å². The Labute approximate surface area is 66.8 Å². The molecular formula is C7H12OSSi. The van der Waals surface area contributed by atoms with Gasteiger partial charge in [-0.05, 0) is 24.5 Å². The van der Waals surface area contributed by atoms with Crippen molar-refractivity contribution < 1.29 is 4.43 Å². The van der Waals surface area contributed by atoms with Gasteiger partial charge in [-0.15, -0.1) is 0 Å². The molecule has 0 fully saturated rings. The van der Waals surface area contributed by atoms with E-state index in [-0.39, 0.29) is 0 Å². The molecule has 0 bridgehead atoms. The van der Waals surface area contributed by atoms with Crippen molar-refractivity contribution >= 4 is 24.2 Å². The van der Waals surface area contributed by atoms with E-state index in [9.17, 15) is 0 Å². The summed E-state index contributed by atoms with van der Waals surface area (Å²) in [5.74, 6) is 0. The fourth-order valence-electron chi connectivity index (χ4n) is 0.722. The minimum absolute atomic E-state index is 1.41. The van der Waals surface area contributed by atoms with Crippen LogP contribution in [0.4, 0.5) is 0 Å². The fraction of sp³-hybridized carbons (Fsp3) is 0.429. The number of hydrogen-bond donors (Lipinski definition) is 0. The first kappa shape index (κ1) is 7.98. The Kier molecular flexibility index (Phi) is 2.28. The molecule has 0 aliphatic heterocycles. The lowest BCUT2D eigenvalue weighted by Crippen LogP contribution is -2.41. The highest BCUT2D eigenvalue weighted by molar-refractivity contribution is 7.24. The average Bonchev–Trinajstić information content (AvgIpc) is 2.38. The van der Waals surface area contributed by atoms with Crippen LogP contribution in [0.15, 0.2) is 17.5 Å². The van der Waals surface area contributed by atoms with Gasteiger partial charge in [-0.1, -0.05) is 6.07 Å². The van der Waals surface area contributed by atoms with Crippen molar-refractivity contribution in [3.05, 3.63) is 17.5 Å². The third kappa shape index (κ3) is 1.48. The van der Waals surface area contributed by atoms with Crippen molar-refractivity contribution in [2.75, 3.05) is 7.11 Å². The zero-order valence-corrected chi connectivity index (χ0v) is 8.37. The second-order valence-corrected chi connectivity index (χ2v) is 7.97. The molecule has 1 aromatic rings. The predicted molar refractivity (Wildman–Crippen MR) is 48.4 cm³/mol. The summed E-state index contributed by atoms with van der Waals surface area (Å²) in [6, 6.07) is 4.23. The van der Waals surface area contributed by atoms with E-state index in [0.29, 0.717) is 0 Å². The van der Waals surface area contributed by atoms with Crippen LogP contribution in [0, 0.1) is 0 Å². The fourth-order valence-corrected chi connectivity index (χ4v) is 3.47. The van der Waals surface area contributed by atoms with Crippen molar-refractivity contribution in [3.63, 3.8) is 0 Å². The van der Waals surface area contributed by atoms with Gasteiger partial charge in [-0.3, -0.25) is 0 Å². The molecule has 10 heavy (non-hydrogen) atoms. The number of thiophene rings is 1. The summed E-state index contributed by atoms with van der Waals surface area (Å²) < 4.78 is 6.84. The molecule has 1 heterocycles. The topological polar surface area (TPSA) is 9.23 Å². The highest BCUT2D eigenvalue weighted by Crippen LogP contribution is 2.07. The van der Waals surface area contributed by atoms with Gasteiger partial charge in [0.05, 0.1) is 0 Å². The molecule has 0 radical (unpaired) electrons. The quantitative estimate of drug-likeness (QED) is 0.618. The van der Waals surface area contributed by atoms with E-state index in [2.05, 4.69) is 30.6 Å². The zero-order chi connectivity index (χ0) is 7.61. The largest absolute Gasteiger partial charge is 0.415 e. The van der Waals surface area contributed by atoms with Crippen LogP contribution >= 0.6 is 11.3 Å². The van der Waals surface area contributed by atoms with Crippen LogP contribution in [0.1, 0.15) is 0 Å². The number of hydrogen-bond acceptors (Lipinski definition) is 2. The minimum Gasteiger partial charge on any atom is -0.415 e. The lowest BCUT2D eigenvalue weighted by atomic mass is 10.7. The first-order valence-corrected chi connectivity index (χ1v) is 7.05. The van der Waals surface area contributed by atoms with Crippen molar-refractivity contribution in [2.45, 2.75) is 13.1 Å². The molecule has 1 rings (SSSR count). The maximum Gasteiger partial charge on any atom is 0.227 e. The van der Waals surface area contributed by atoms with E-state index in [1.165, 1.54) is 4.50 Å². The molecule has 0 N–H and O–H groups in total. The molecule has 0 aliphatic rings. The molecule has 0 aromatic carbocycles. The van der Waals surface area contributed by atoms with Crippen LogP contribution < -0.4 is 4.50 Å². The Morgan fingerprint density at radius 2 is 2.20 bits per heavy atom. The van der Waals surface area contributed by atoms with E-state index in [0.717, 1.165) is 0 Å². The second kappa shape index (κ2) is 2.86. The van der Waals surface area contributed by atoms with E-state index in [1.54, 1.807) is 18.4 Å². The Bertz CT molecular complexity index is 193. The van der Waals surface area contributed by atoms with Crippen LogP contribution in [-0.4, -0.2) is 15.4 Å². The van der Waals surface area contributed by atoms with E-state index in [1.807, 2.05) is 0 Å². The van der Waals surface area contributed by atoms with Crippen LogP contribution in [-0.2, 0) is 4.43 Å². The third-order valence-electron chi connectivity index (χ3n) is 1.62. The molecule has 0 unspecified atom stereocenters. The molecule has 0 saturated heterocycles. The molecule has 1 aromatic heterocycles. The lowest BCUT2D eigenvalue weighted by molar-refractivity contribution is 0.417. The Balaban J connectivity index is 2.85. The van der Waals surface area contributed by atoms with Gasteiger partial charge in [0.25, 0.3) is 0 Å². The summed E-state index contributed by atoms with van der Waals surface area (Å²) in [4.78, 5) is 0.